The van der Waals surface area contributed by atoms with Crippen molar-refractivity contribution in [2.24, 2.45) is 0 Å². The van der Waals surface area contributed by atoms with Crippen molar-refractivity contribution in [3.63, 3.8) is 0 Å². The third kappa shape index (κ3) is 5.30. The van der Waals surface area contributed by atoms with E-state index in [0.29, 0.717) is 17.3 Å². The molecule has 0 radical (unpaired) electrons. The van der Waals surface area contributed by atoms with Crippen molar-refractivity contribution >= 4 is 23.4 Å². The zero-order chi connectivity index (χ0) is 24.1. The molecule has 0 aliphatic carbocycles. The highest BCUT2D eigenvalue weighted by Gasteiger charge is 2.28. The van der Waals surface area contributed by atoms with Crippen molar-refractivity contribution < 1.29 is 29.9 Å². The molecule has 3 aromatic rings. The van der Waals surface area contributed by atoms with Gasteiger partial charge in [-0.15, -0.1) is 0 Å². The maximum absolute atomic E-state index is 11.0. The predicted octanol–water partition coefficient (Wildman–Crippen LogP) is 3.72. The Morgan fingerprint density at radius 1 is 1.03 bits per heavy atom. The van der Waals surface area contributed by atoms with E-state index in [-0.39, 0.29) is 47.2 Å². The largest absolute Gasteiger partial charge is 0.507 e. The first-order valence-electron chi connectivity index (χ1n) is 9.71. The summed E-state index contributed by atoms with van der Waals surface area (Å²) in [6.07, 6.45) is 1.32. The van der Waals surface area contributed by atoms with E-state index in [1.165, 1.54) is 24.4 Å². The maximum Gasteiger partial charge on any atom is 0.230 e. The van der Waals surface area contributed by atoms with Gasteiger partial charge in [0.2, 0.25) is 11.8 Å². The molecule has 33 heavy (non-hydrogen) atoms. The van der Waals surface area contributed by atoms with Crippen LogP contribution in [0.2, 0.25) is 5.02 Å². The van der Waals surface area contributed by atoms with Crippen molar-refractivity contribution in [1.82, 2.24) is 9.97 Å². The Kier molecular flexibility index (Phi) is 7.31. The van der Waals surface area contributed by atoms with Gasteiger partial charge in [-0.25, -0.2) is 4.98 Å². The summed E-state index contributed by atoms with van der Waals surface area (Å²) in [5.74, 6) is -3.32. The van der Waals surface area contributed by atoms with E-state index in [4.69, 9.17) is 31.9 Å². The molecule has 2 heterocycles. The molecule has 0 aliphatic heterocycles. The molecule has 0 spiro atoms. The standard InChI is InChI=1S/C22H21ClN4O6/c1-2-32-10-13-17(18-14(28)4-3-5-15(18)29)20(30)19(22(31)27-13)21(25)33-16(24)8-12-7-6-11(23)9-26-12/h3-7,9,24-25,28-29H,2,8,10H2,1H3,(H2,27,30,31). The minimum atomic E-state index is -0.768. The van der Waals surface area contributed by atoms with Gasteiger partial charge in [0.1, 0.15) is 22.8 Å². The van der Waals surface area contributed by atoms with Gasteiger partial charge >= 0.3 is 0 Å². The van der Waals surface area contributed by atoms with Gasteiger partial charge in [0.15, 0.2) is 5.90 Å². The maximum atomic E-state index is 11.0. The Balaban J connectivity index is 2.00. The number of pyridine rings is 2. The van der Waals surface area contributed by atoms with Gasteiger partial charge < -0.3 is 29.9 Å². The van der Waals surface area contributed by atoms with E-state index in [1.54, 1.807) is 19.1 Å². The van der Waals surface area contributed by atoms with Crippen LogP contribution < -0.4 is 0 Å². The average Bonchev–Trinajstić information content (AvgIpc) is 2.75. The second kappa shape index (κ2) is 10.2. The number of hydrogen-bond acceptors (Lipinski definition) is 10. The summed E-state index contributed by atoms with van der Waals surface area (Å²) in [6.45, 7) is 1.87. The number of halogens is 1. The van der Waals surface area contributed by atoms with Crippen LogP contribution in [0.4, 0.5) is 0 Å². The summed E-state index contributed by atoms with van der Waals surface area (Å²) >= 11 is 5.79. The SMILES string of the molecule is CCOCc1nc(O)c(C(=N)OC(=N)Cc2ccc(Cl)cn2)c(O)c1-c1c(O)cccc1O. The molecule has 1 aromatic carbocycles. The Bertz CT molecular complexity index is 1180. The summed E-state index contributed by atoms with van der Waals surface area (Å²) in [4.78, 5) is 8.02. The first-order chi connectivity index (χ1) is 15.7. The quantitative estimate of drug-likeness (QED) is 0.223. The summed E-state index contributed by atoms with van der Waals surface area (Å²) < 4.78 is 10.5. The van der Waals surface area contributed by atoms with Crippen LogP contribution in [0.5, 0.6) is 23.1 Å². The van der Waals surface area contributed by atoms with Gasteiger partial charge in [-0.05, 0) is 31.2 Å². The molecular weight excluding hydrogens is 452 g/mol. The second-order valence-corrected chi connectivity index (χ2v) is 7.22. The second-order valence-electron chi connectivity index (χ2n) is 6.79. The van der Waals surface area contributed by atoms with Crippen molar-refractivity contribution in [1.29, 1.82) is 10.8 Å². The molecule has 0 aliphatic rings. The zero-order valence-electron chi connectivity index (χ0n) is 17.5. The van der Waals surface area contributed by atoms with Crippen LogP contribution >= 0.6 is 11.6 Å². The molecule has 0 amide bonds. The van der Waals surface area contributed by atoms with Crippen LogP contribution in [0, 0.1) is 10.8 Å². The van der Waals surface area contributed by atoms with Crippen molar-refractivity contribution in [3.8, 4) is 34.3 Å². The predicted molar refractivity (Wildman–Crippen MR) is 120 cm³/mol. The monoisotopic (exact) mass is 472 g/mol. The number of ether oxygens (including phenoxy) is 2. The number of aromatic hydroxyl groups is 4. The van der Waals surface area contributed by atoms with Crippen LogP contribution in [0.1, 0.15) is 23.9 Å². The Morgan fingerprint density at radius 3 is 2.33 bits per heavy atom. The lowest BCUT2D eigenvalue weighted by molar-refractivity contribution is 0.131. The number of benzene rings is 1. The fourth-order valence-corrected chi connectivity index (χ4v) is 3.16. The van der Waals surface area contributed by atoms with Gasteiger partial charge in [-0.3, -0.25) is 15.8 Å². The van der Waals surface area contributed by atoms with Gasteiger partial charge in [-0.1, -0.05) is 17.7 Å². The molecule has 0 unspecified atom stereocenters. The van der Waals surface area contributed by atoms with E-state index in [1.807, 2.05) is 0 Å². The van der Waals surface area contributed by atoms with Crippen LogP contribution in [0.3, 0.4) is 0 Å². The van der Waals surface area contributed by atoms with E-state index in [2.05, 4.69) is 9.97 Å². The van der Waals surface area contributed by atoms with Crippen LogP contribution in [0.25, 0.3) is 11.1 Å². The molecule has 172 valence electrons. The highest BCUT2D eigenvalue weighted by molar-refractivity contribution is 6.30. The summed E-state index contributed by atoms with van der Waals surface area (Å²) in [7, 11) is 0. The molecule has 11 heteroatoms. The van der Waals surface area contributed by atoms with E-state index in [0.717, 1.165) is 0 Å². The third-order valence-electron chi connectivity index (χ3n) is 4.52. The number of aromatic nitrogens is 2. The lowest BCUT2D eigenvalue weighted by atomic mass is 9.98. The molecule has 6 N–H and O–H groups in total. The molecule has 0 bridgehead atoms. The summed E-state index contributed by atoms with van der Waals surface area (Å²) in [5.41, 5.74) is -0.365. The Labute approximate surface area is 193 Å². The lowest BCUT2D eigenvalue weighted by Crippen LogP contribution is -2.16. The zero-order valence-corrected chi connectivity index (χ0v) is 18.2. The van der Waals surface area contributed by atoms with E-state index in [9.17, 15) is 20.4 Å². The van der Waals surface area contributed by atoms with Crippen LogP contribution in [0.15, 0.2) is 36.5 Å². The van der Waals surface area contributed by atoms with Gasteiger partial charge in [-0.2, -0.15) is 0 Å². The molecule has 3 rings (SSSR count). The number of phenols is 2. The number of hydrogen-bond donors (Lipinski definition) is 6. The van der Waals surface area contributed by atoms with Gasteiger partial charge in [0.25, 0.3) is 0 Å². The fourth-order valence-electron chi connectivity index (χ4n) is 3.05. The number of nitrogens with zero attached hydrogens (tertiary/aromatic N) is 2. The summed E-state index contributed by atoms with van der Waals surface area (Å²) in [6, 6.07) is 7.16. The number of rotatable bonds is 7. The minimum absolute atomic E-state index is 0.0145. The van der Waals surface area contributed by atoms with Gasteiger partial charge in [0, 0.05) is 18.5 Å². The normalized spacial score (nSPS) is 10.7. The average molecular weight is 473 g/mol. The highest BCUT2D eigenvalue weighted by Crippen LogP contribution is 2.46. The molecule has 0 saturated heterocycles. The van der Waals surface area contributed by atoms with Crippen molar-refractivity contribution in [2.45, 2.75) is 20.0 Å². The van der Waals surface area contributed by atoms with Gasteiger partial charge in [0.05, 0.1) is 34.9 Å². The Hall–Kier alpha value is -3.89. The smallest absolute Gasteiger partial charge is 0.230 e. The van der Waals surface area contributed by atoms with Crippen molar-refractivity contribution in [3.05, 3.63) is 58.5 Å². The third-order valence-corrected chi connectivity index (χ3v) is 4.75. The van der Waals surface area contributed by atoms with Crippen molar-refractivity contribution in [2.75, 3.05) is 6.61 Å². The van der Waals surface area contributed by atoms with E-state index >= 15 is 0 Å². The molecule has 0 atom stereocenters. The number of phenolic OH excluding ortho intramolecular Hbond substituents is 2. The molecule has 0 saturated carbocycles. The topological polar surface area (TPSA) is 173 Å². The molecular formula is C22H21ClN4O6. The molecule has 10 nitrogen and oxygen atoms in total. The first-order valence-corrected chi connectivity index (χ1v) is 10.1. The fraction of sp³-hybridized carbons (Fsp3) is 0.182. The van der Waals surface area contributed by atoms with Crippen LogP contribution in [-0.2, 0) is 22.5 Å². The first kappa shape index (κ1) is 23.8. The lowest BCUT2D eigenvalue weighted by Gasteiger charge is -2.18. The minimum Gasteiger partial charge on any atom is -0.507 e. The molecule has 0 fully saturated rings. The highest BCUT2D eigenvalue weighted by atomic mass is 35.5. The van der Waals surface area contributed by atoms with Crippen LogP contribution in [-0.4, -0.2) is 48.8 Å². The summed E-state index contributed by atoms with van der Waals surface area (Å²) in [5, 5.41) is 58.6. The Morgan fingerprint density at radius 2 is 1.73 bits per heavy atom. The molecule has 2 aromatic heterocycles. The van der Waals surface area contributed by atoms with E-state index < -0.39 is 23.1 Å². The number of nitrogens with one attached hydrogen (secondary N) is 2.